The molecule has 1 aliphatic rings. The maximum absolute atomic E-state index is 13.4. The zero-order valence-electron chi connectivity index (χ0n) is 12.2. The fourth-order valence-electron chi connectivity index (χ4n) is 2.46. The Morgan fingerprint density at radius 3 is 3.14 bits per heavy atom. The maximum Gasteiger partial charge on any atom is 0.312 e. The summed E-state index contributed by atoms with van der Waals surface area (Å²) in [5.74, 6) is 2.26. The Labute approximate surface area is 121 Å². The smallest absolute Gasteiger partial charge is 0.312 e. The number of terminal acetylenes is 1. The van der Waals surface area contributed by atoms with Crippen LogP contribution in [0.5, 0.6) is 0 Å². The Morgan fingerprint density at radius 1 is 1.76 bits per heavy atom. The summed E-state index contributed by atoms with van der Waals surface area (Å²) in [6.45, 7) is 1.72. The minimum atomic E-state index is -1.98. The topological polar surface area (TPSA) is 99.1 Å². The van der Waals surface area contributed by atoms with Gasteiger partial charge in [0.1, 0.15) is 6.23 Å². The first kappa shape index (κ1) is 12.5. The third kappa shape index (κ3) is 1.93. The first-order chi connectivity index (χ1) is 10.3. The van der Waals surface area contributed by atoms with Gasteiger partial charge in [0.25, 0.3) is 0 Å². The van der Waals surface area contributed by atoms with E-state index in [4.69, 9.17) is 18.3 Å². The van der Waals surface area contributed by atoms with Crippen LogP contribution in [0.4, 0.5) is 10.2 Å². The maximum atomic E-state index is 13.4. The molecular formula is C13H14FN5O2. The average molecular weight is 292 g/mol. The number of imidazole rings is 1. The van der Waals surface area contributed by atoms with Crippen molar-refractivity contribution in [1.82, 2.24) is 19.5 Å². The number of hydrogen-bond acceptors (Lipinski definition) is 6. The van der Waals surface area contributed by atoms with E-state index < -0.39 is 24.0 Å². The van der Waals surface area contributed by atoms with Gasteiger partial charge in [-0.05, 0) is 6.42 Å². The third-order valence-corrected chi connectivity index (χ3v) is 3.63. The van der Waals surface area contributed by atoms with E-state index in [9.17, 15) is 9.50 Å². The third-order valence-electron chi connectivity index (χ3n) is 3.63. The van der Waals surface area contributed by atoms with E-state index in [-0.39, 0.29) is 29.8 Å². The van der Waals surface area contributed by atoms with E-state index in [0.717, 1.165) is 0 Å². The van der Waals surface area contributed by atoms with Crippen molar-refractivity contribution >= 4 is 17.0 Å². The Bertz CT molecular complexity index is 787. The van der Waals surface area contributed by atoms with Crippen LogP contribution in [0.3, 0.4) is 0 Å². The molecule has 110 valence electrons. The van der Waals surface area contributed by atoms with Gasteiger partial charge in [-0.3, -0.25) is 4.57 Å². The lowest BCUT2D eigenvalue weighted by molar-refractivity contribution is -0.0648. The van der Waals surface area contributed by atoms with Crippen molar-refractivity contribution in [3.8, 4) is 12.3 Å². The van der Waals surface area contributed by atoms with Crippen LogP contribution in [0, 0.1) is 18.4 Å². The number of nitrogens with zero attached hydrogens (tertiary/aromatic N) is 4. The van der Waals surface area contributed by atoms with Crippen molar-refractivity contribution in [2.24, 2.45) is 0 Å². The first-order valence-corrected chi connectivity index (χ1v) is 6.37. The number of rotatable bonds is 2. The molecule has 0 unspecified atom stereocenters. The van der Waals surface area contributed by atoms with Gasteiger partial charge in [0.05, 0.1) is 13.8 Å². The van der Waals surface area contributed by atoms with Crippen molar-refractivity contribution in [3.63, 3.8) is 0 Å². The van der Waals surface area contributed by atoms with Crippen molar-refractivity contribution in [2.75, 3.05) is 5.73 Å². The first-order valence-electron chi connectivity index (χ1n) is 6.87. The minimum absolute atomic E-state index is 0.0981. The second-order valence-electron chi connectivity index (χ2n) is 4.75. The molecule has 0 aliphatic carbocycles. The Balaban J connectivity index is 2.09. The number of anilines is 1. The quantitative estimate of drug-likeness (QED) is 0.621. The highest BCUT2D eigenvalue weighted by Crippen LogP contribution is 2.39. The SMILES string of the molecule is [2H][C@]1(O)C[C@H](n2cnc3c(N)nc(F)nc32)O[C@]1(C#C)CC. The summed E-state index contributed by atoms with van der Waals surface area (Å²) in [6.07, 6.45) is 3.15. The van der Waals surface area contributed by atoms with Gasteiger partial charge in [-0.25, -0.2) is 4.98 Å². The van der Waals surface area contributed by atoms with E-state index in [1.807, 2.05) is 0 Å². The Hall–Kier alpha value is -2.24. The summed E-state index contributed by atoms with van der Waals surface area (Å²) in [6, 6.07) is 0. The number of nitrogens with two attached hydrogens (primary N) is 1. The molecule has 1 aliphatic heterocycles. The van der Waals surface area contributed by atoms with E-state index in [2.05, 4.69) is 20.9 Å². The summed E-state index contributed by atoms with van der Waals surface area (Å²) in [7, 11) is 0. The molecule has 8 heteroatoms. The zero-order valence-corrected chi connectivity index (χ0v) is 11.2. The second kappa shape index (κ2) is 4.65. The molecule has 2 aromatic rings. The molecule has 3 atom stereocenters. The number of fused-ring (bicyclic) bond motifs is 1. The predicted octanol–water partition coefficient (Wildman–Crippen LogP) is 0.609. The highest BCUT2D eigenvalue weighted by atomic mass is 19.1. The molecule has 0 aromatic carbocycles. The molecule has 3 N–H and O–H groups in total. The fraction of sp³-hybridized carbons (Fsp3) is 0.462. The number of aliphatic hydroxyl groups is 1. The molecule has 0 amide bonds. The molecule has 2 aromatic heterocycles. The van der Waals surface area contributed by atoms with Crippen LogP contribution in [0.2, 0.25) is 0 Å². The van der Waals surface area contributed by atoms with Crippen LogP contribution in [0.1, 0.15) is 27.4 Å². The van der Waals surface area contributed by atoms with Crippen LogP contribution in [-0.4, -0.2) is 36.3 Å². The van der Waals surface area contributed by atoms with Gasteiger partial charge in [0.2, 0.25) is 0 Å². The van der Waals surface area contributed by atoms with Crippen molar-refractivity contribution in [1.29, 1.82) is 0 Å². The number of ether oxygens (including phenoxy) is 1. The molecule has 7 nitrogen and oxygen atoms in total. The molecule has 0 radical (unpaired) electrons. The molecule has 1 fully saturated rings. The monoisotopic (exact) mass is 292 g/mol. The zero-order chi connectivity index (χ0) is 16.1. The lowest BCUT2D eigenvalue weighted by atomic mass is 9.95. The van der Waals surface area contributed by atoms with Crippen LogP contribution >= 0.6 is 0 Å². The van der Waals surface area contributed by atoms with Gasteiger partial charge in [-0.1, -0.05) is 12.8 Å². The summed E-state index contributed by atoms with van der Waals surface area (Å²) in [4.78, 5) is 11.1. The van der Waals surface area contributed by atoms with Gasteiger partial charge in [0.15, 0.2) is 22.6 Å². The molecular weight excluding hydrogens is 277 g/mol. The van der Waals surface area contributed by atoms with Gasteiger partial charge in [-0.15, -0.1) is 6.42 Å². The number of aromatic nitrogens is 4. The molecule has 1 saturated heterocycles. The summed E-state index contributed by atoms with van der Waals surface area (Å²) in [5.41, 5.74) is 4.48. The largest absolute Gasteiger partial charge is 0.389 e. The van der Waals surface area contributed by atoms with Gasteiger partial charge in [0, 0.05) is 6.42 Å². The molecule has 0 saturated carbocycles. The van der Waals surface area contributed by atoms with Gasteiger partial charge < -0.3 is 15.6 Å². The van der Waals surface area contributed by atoms with E-state index in [1.54, 1.807) is 6.92 Å². The normalized spacial score (nSPS) is 33.0. The van der Waals surface area contributed by atoms with E-state index >= 15 is 0 Å². The highest BCUT2D eigenvalue weighted by Gasteiger charge is 2.46. The Kier molecular flexibility index (Phi) is 2.77. The fourth-order valence-corrected chi connectivity index (χ4v) is 2.46. The average Bonchev–Trinajstić information content (AvgIpc) is 2.97. The van der Waals surface area contributed by atoms with E-state index in [0.29, 0.717) is 0 Å². The molecule has 0 spiro atoms. The van der Waals surface area contributed by atoms with Crippen molar-refractivity contribution < 1.29 is 15.6 Å². The lowest BCUT2D eigenvalue weighted by Gasteiger charge is -2.24. The molecule has 3 heterocycles. The van der Waals surface area contributed by atoms with Crippen LogP contribution < -0.4 is 5.73 Å². The predicted molar refractivity (Wildman–Crippen MR) is 72.3 cm³/mol. The second-order valence-corrected chi connectivity index (χ2v) is 4.75. The van der Waals surface area contributed by atoms with Crippen LogP contribution in [0.15, 0.2) is 6.33 Å². The van der Waals surface area contributed by atoms with Crippen LogP contribution in [0.25, 0.3) is 11.2 Å². The summed E-state index contributed by atoms with van der Waals surface area (Å²) in [5, 5.41) is 10.3. The van der Waals surface area contributed by atoms with Crippen molar-refractivity contribution in [3.05, 3.63) is 12.4 Å². The lowest BCUT2D eigenvalue weighted by Crippen LogP contribution is -2.36. The van der Waals surface area contributed by atoms with Gasteiger partial charge in [-0.2, -0.15) is 14.4 Å². The number of nitrogen functional groups attached to an aromatic ring is 1. The van der Waals surface area contributed by atoms with Crippen LogP contribution in [-0.2, 0) is 4.74 Å². The number of hydrogen-bond donors (Lipinski definition) is 2. The minimum Gasteiger partial charge on any atom is -0.389 e. The standard InChI is InChI=1S/C13H14FN5O2/c1-3-13(4-2)7(20)5-8(21-13)19-6-16-9-10(15)17-12(14)18-11(9)19/h1,6-8,20H,4-5H2,2H3,(H2,15,17,18)/t7-,8+,13+/m0/s1/i7D. The molecule has 21 heavy (non-hydrogen) atoms. The molecule has 3 rings (SSSR count). The van der Waals surface area contributed by atoms with Crippen molar-refractivity contribution in [2.45, 2.75) is 37.7 Å². The molecule has 0 bridgehead atoms. The van der Waals surface area contributed by atoms with Gasteiger partial charge >= 0.3 is 6.08 Å². The number of halogens is 1. The highest BCUT2D eigenvalue weighted by molar-refractivity contribution is 5.81. The summed E-state index contributed by atoms with van der Waals surface area (Å²) < 4.78 is 28.5. The Morgan fingerprint density at radius 2 is 2.52 bits per heavy atom. The summed E-state index contributed by atoms with van der Waals surface area (Å²) >= 11 is 0. The van der Waals surface area contributed by atoms with E-state index in [1.165, 1.54) is 10.9 Å².